The van der Waals surface area contributed by atoms with Crippen LogP contribution in [0.2, 0.25) is 0 Å². The minimum Gasteiger partial charge on any atom is -0.492 e. The molecule has 0 spiro atoms. The highest BCUT2D eigenvalue weighted by Crippen LogP contribution is 2.38. The summed E-state index contributed by atoms with van der Waals surface area (Å²) in [6.45, 7) is 9.16. The average molecular weight is 470 g/mol. The third-order valence-corrected chi connectivity index (χ3v) is 6.08. The normalized spacial score (nSPS) is 14.8. The van der Waals surface area contributed by atoms with Gasteiger partial charge in [0.05, 0.1) is 34.7 Å². The summed E-state index contributed by atoms with van der Waals surface area (Å²) in [5.41, 5.74) is 7.51. The number of halogens is 2. The fourth-order valence-electron chi connectivity index (χ4n) is 4.30. The van der Waals surface area contributed by atoms with Crippen molar-refractivity contribution in [3.05, 3.63) is 53.7 Å². The van der Waals surface area contributed by atoms with E-state index in [1.54, 1.807) is 0 Å². The maximum Gasteiger partial charge on any atom is 0.252 e. The van der Waals surface area contributed by atoms with Crippen LogP contribution in [0.5, 0.6) is 5.75 Å². The summed E-state index contributed by atoms with van der Waals surface area (Å²) in [5.74, 6) is -1.48. The number of rotatable bonds is 7. The molecule has 0 unspecified atom stereocenters. The molecule has 9 heteroatoms. The van der Waals surface area contributed by atoms with E-state index in [1.807, 2.05) is 19.1 Å². The molecule has 7 nitrogen and oxygen atoms in total. The number of nitrogens with two attached hydrogens (primary N) is 1. The topological polar surface area (TPSA) is 83.7 Å². The van der Waals surface area contributed by atoms with Gasteiger partial charge >= 0.3 is 0 Å². The van der Waals surface area contributed by atoms with Crippen molar-refractivity contribution in [2.75, 3.05) is 49.5 Å². The summed E-state index contributed by atoms with van der Waals surface area (Å²) in [4.78, 5) is 21.3. The Morgan fingerprint density at radius 3 is 2.68 bits per heavy atom. The second-order valence-corrected chi connectivity index (χ2v) is 8.21. The van der Waals surface area contributed by atoms with Gasteiger partial charge in [0.1, 0.15) is 17.4 Å². The van der Waals surface area contributed by atoms with Crippen molar-refractivity contribution in [1.82, 2.24) is 9.88 Å². The number of hydrogen-bond acceptors (Lipinski definition) is 6. The molecule has 0 saturated carbocycles. The summed E-state index contributed by atoms with van der Waals surface area (Å²) in [6.07, 6.45) is 2.36. The molecule has 0 radical (unpaired) electrons. The van der Waals surface area contributed by atoms with Crippen molar-refractivity contribution in [2.45, 2.75) is 20.3 Å². The van der Waals surface area contributed by atoms with E-state index < -0.39 is 17.5 Å². The molecule has 1 aliphatic heterocycles. The van der Waals surface area contributed by atoms with Crippen LogP contribution in [-0.2, 0) is 0 Å². The Morgan fingerprint density at radius 2 is 1.97 bits per heavy atom. The van der Waals surface area contributed by atoms with Crippen molar-refractivity contribution < 1.29 is 18.3 Å². The molecule has 1 aromatic heterocycles. The fraction of sp³-hybridized carbons (Fsp3) is 0.360. The van der Waals surface area contributed by atoms with Crippen LogP contribution in [-0.4, -0.2) is 55.1 Å². The predicted octanol–water partition coefficient (Wildman–Crippen LogP) is 4.29. The van der Waals surface area contributed by atoms with Gasteiger partial charge in [-0.1, -0.05) is 6.92 Å². The van der Waals surface area contributed by atoms with Gasteiger partial charge in [0.2, 0.25) is 0 Å². The monoisotopic (exact) mass is 469 g/mol. The first-order chi connectivity index (χ1) is 16.4. The van der Waals surface area contributed by atoms with Gasteiger partial charge in [0.25, 0.3) is 5.91 Å². The molecule has 2 heterocycles. The molecule has 1 amide bonds. The van der Waals surface area contributed by atoms with E-state index in [9.17, 15) is 13.6 Å². The highest BCUT2D eigenvalue weighted by molar-refractivity contribution is 6.08. The number of pyridine rings is 1. The molecule has 0 aliphatic carbocycles. The lowest BCUT2D eigenvalue weighted by molar-refractivity contribution is 0.100. The molecular formula is C25H29F2N5O2. The number of likely N-dealkylation sites (N-methyl/N-ethyl adjacent to an activating group) is 1. The Hall–Kier alpha value is -3.46. The summed E-state index contributed by atoms with van der Waals surface area (Å²) in [5, 5.41) is 3.55. The van der Waals surface area contributed by atoms with Gasteiger partial charge in [-0.3, -0.25) is 9.78 Å². The number of nitrogens with zero attached hydrogens (tertiary/aromatic N) is 3. The van der Waals surface area contributed by atoms with Crippen LogP contribution in [0, 0.1) is 11.6 Å². The van der Waals surface area contributed by atoms with E-state index in [-0.39, 0.29) is 11.3 Å². The second-order valence-electron chi connectivity index (χ2n) is 8.21. The molecule has 4 rings (SSSR count). The van der Waals surface area contributed by atoms with Crippen LogP contribution >= 0.6 is 0 Å². The molecule has 1 saturated heterocycles. The Kier molecular flexibility index (Phi) is 7.12. The van der Waals surface area contributed by atoms with Gasteiger partial charge < -0.3 is 25.6 Å². The summed E-state index contributed by atoms with van der Waals surface area (Å²) in [7, 11) is 0. The lowest BCUT2D eigenvalue weighted by atomic mass is 10.1. The molecule has 3 N–H and O–H groups in total. The molecular weight excluding hydrogens is 440 g/mol. The van der Waals surface area contributed by atoms with Crippen molar-refractivity contribution >= 4 is 33.9 Å². The van der Waals surface area contributed by atoms with Gasteiger partial charge in [-0.15, -0.1) is 0 Å². The second kappa shape index (κ2) is 10.2. The molecule has 3 aromatic rings. The van der Waals surface area contributed by atoms with E-state index in [0.29, 0.717) is 28.9 Å². The minimum absolute atomic E-state index is 0.0280. The van der Waals surface area contributed by atoms with E-state index in [1.165, 1.54) is 12.3 Å². The Balaban J connectivity index is 1.86. The lowest BCUT2D eigenvalue weighted by Crippen LogP contribution is -2.30. The van der Waals surface area contributed by atoms with E-state index in [4.69, 9.17) is 10.5 Å². The van der Waals surface area contributed by atoms with Crippen LogP contribution in [0.15, 0.2) is 36.5 Å². The van der Waals surface area contributed by atoms with Gasteiger partial charge in [-0.25, -0.2) is 8.78 Å². The number of primary amides is 1. The minimum atomic E-state index is -0.779. The molecule has 2 aromatic carbocycles. The number of ether oxygens (including phenoxy) is 1. The summed E-state index contributed by atoms with van der Waals surface area (Å²) < 4.78 is 33.8. The van der Waals surface area contributed by atoms with E-state index in [2.05, 4.69) is 27.0 Å². The maximum absolute atomic E-state index is 14.5. The SMILES string of the molecule is CCOc1cc2ncc(C(N)=O)c(Nc3ccc(F)cc3F)c2cc1N1CCCN(CC)CC1. The number of carbonyl (C=O) groups excluding carboxylic acids is 1. The fourth-order valence-corrected chi connectivity index (χ4v) is 4.30. The van der Waals surface area contributed by atoms with Crippen LogP contribution in [0.4, 0.5) is 25.8 Å². The highest BCUT2D eigenvalue weighted by Gasteiger charge is 2.22. The highest BCUT2D eigenvalue weighted by atomic mass is 19.1. The predicted molar refractivity (Wildman–Crippen MR) is 130 cm³/mol. The molecule has 1 aliphatic rings. The molecule has 34 heavy (non-hydrogen) atoms. The number of hydrogen-bond donors (Lipinski definition) is 2. The molecule has 1 fully saturated rings. The number of benzene rings is 2. The van der Waals surface area contributed by atoms with Gasteiger partial charge in [0.15, 0.2) is 0 Å². The zero-order chi connectivity index (χ0) is 24.2. The maximum atomic E-state index is 14.5. The lowest BCUT2D eigenvalue weighted by Gasteiger charge is -2.26. The van der Waals surface area contributed by atoms with Crippen molar-refractivity contribution in [1.29, 1.82) is 0 Å². The number of anilines is 3. The Morgan fingerprint density at radius 1 is 1.15 bits per heavy atom. The van der Waals surface area contributed by atoms with Crippen LogP contribution < -0.4 is 20.7 Å². The third-order valence-electron chi connectivity index (χ3n) is 6.08. The first kappa shape index (κ1) is 23.7. The average Bonchev–Trinajstić information content (AvgIpc) is 3.06. The number of nitrogens with one attached hydrogen (secondary N) is 1. The van der Waals surface area contributed by atoms with Crippen LogP contribution in [0.1, 0.15) is 30.6 Å². The quantitative estimate of drug-likeness (QED) is 0.537. The first-order valence-corrected chi connectivity index (χ1v) is 11.5. The zero-order valence-electron chi connectivity index (χ0n) is 19.4. The van der Waals surface area contributed by atoms with Gasteiger partial charge in [-0.2, -0.15) is 0 Å². The van der Waals surface area contributed by atoms with Crippen molar-refractivity contribution in [3.8, 4) is 5.75 Å². The summed E-state index contributed by atoms with van der Waals surface area (Å²) >= 11 is 0. The number of fused-ring (bicyclic) bond motifs is 1. The first-order valence-electron chi connectivity index (χ1n) is 11.5. The Labute approximate surface area is 197 Å². The standard InChI is InChI=1S/C25H29F2N5O2/c1-3-31-8-5-9-32(11-10-31)22-13-17-21(14-23(22)34-4-2)29-15-18(25(28)33)24(17)30-20-7-6-16(26)12-19(20)27/h6-7,12-15H,3-5,8-11H2,1-2H3,(H2,28,33)(H,29,30). The van der Waals surface area contributed by atoms with Gasteiger partial charge in [-0.05, 0) is 44.6 Å². The van der Waals surface area contributed by atoms with E-state index in [0.717, 1.165) is 57.0 Å². The van der Waals surface area contributed by atoms with Gasteiger partial charge in [0, 0.05) is 43.4 Å². The van der Waals surface area contributed by atoms with Crippen molar-refractivity contribution in [2.24, 2.45) is 5.73 Å². The zero-order valence-corrected chi connectivity index (χ0v) is 19.4. The molecule has 180 valence electrons. The third kappa shape index (κ3) is 4.89. The number of amides is 1. The smallest absolute Gasteiger partial charge is 0.252 e. The summed E-state index contributed by atoms with van der Waals surface area (Å²) in [6, 6.07) is 6.95. The largest absolute Gasteiger partial charge is 0.492 e. The van der Waals surface area contributed by atoms with Crippen LogP contribution in [0.3, 0.4) is 0 Å². The molecule has 0 bridgehead atoms. The Bertz CT molecular complexity index is 1200. The number of carbonyl (C=O) groups is 1. The van der Waals surface area contributed by atoms with Crippen molar-refractivity contribution in [3.63, 3.8) is 0 Å². The number of aromatic nitrogens is 1. The molecule has 0 atom stereocenters. The van der Waals surface area contributed by atoms with E-state index >= 15 is 0 Å². The van der Waals surface area contributed by atoms with Crippen LogP contribution in [0.25, 0.3) is 10.9 Å².